The fourth-order valence-corrected chi connectivity index (χ4v) is 2.45. The van der Waals surface area contributed by atoms with E-state index in [1.54, 1.807) is 0 Å². The molecule has 0 heterocycles. The monoisotopic (exact) mass is 169 g/mol. The Morgan fingerprint density at radius 2 is 2.08 bits per heavy atom. The second kappa shape index (κ2) is 4.27. The minimum absolute atomic E-state index is 0.747. The van der Waals surface area contributed by atoms with Crippen LogP contribution in [0.25, 0.3) is 0 Å². The summed E-state index contributed by atoms with van der Waals surface area (Å²) < 4.78 is 0. The van der Waals surface area contributed by atoms with Gasteiger partial charge in [-0.3, -0.25) is 0 Å². The van der Waals surface area contributed by atoms with Crippen LogP contribution in [0.3, 0.4) is 0 Å². The summed E-state index contributed by atoms with van der Waals surface area (Å²) in [5.41, 5.74) is 0.747. The first kappa shape index (κ1) is 10.0. The fraction of sp³-hybridized carbons (Fsp3) is 1.00. The molecule has 1 N–H and O–H groups in total. The van der Waals surface area contributed by atoms with Gasteiger partial charge in [-0.1, -0.05) is 33.6 Å². The molecule has 1 heteroatoms. The highest BCUT2D eigenvalue weighted by atomic mass is 14.9. The maximum absolute atomic E-state index is 3.46. The summed E-state index contributed by atoms with van der Waals surface area (Å²) in [6.45, 7) is 9.23. The van der Waals surface area contributed by atoms with Crippen LogP contribution in [0.15, 0.2) is 0 Å². The SMILES string of the molecule is CCCC1(CC)CC1CNCC. The normalized spacial score (nSPS) is 33.8. The van der Waals surface area contributed by atoms with Crippen LogP contribution in [0.1, 0.15) is 46.5 Å². The van der Waals surface area contributed by atoms with Crippen LogP contribution in [0, 0.1) is 11.3 Å². The molecule has 72 valence electrons. The van der Waals surface area contributed by atoms with Crippen LogP contribution in [-0.2, 0) is 0 Å². The molecule has 0 aliphatic heterocycles. The van der Waals surface area contributed by atoms with Crippen molar-refractivity contribution >= 4 is 0 Å². The van der Waals surface area contributed by atoms with Crippen molar-refractivity contribution in [1.82, 2.24) is 5.32 Å². The molecule has 1 fully saturated rings. The van der Waals surface area contributed by atoms with Gasteiger partial charge in [-0.25, -0.2) is 0 Å². The van der Waals surface area contributed by atoms with E-state index < -0.39 is 0 Å². The largest absolute Gasteiger partial charge is 0.317 e. The van der Waals surface area contributed by atoms with Gasteiger partial charge in [0.25, 0.3) is 0 Å². The molecule has 2 unspecified atom stereocenters. The standard InChI is InChI=1S/C11H23N/c1-4-7-11(5-2)8-10(11)9-12-6-3/h10,12H,4-9H2,1-3H3. The first-order valence-corrected chi connectivity index (χ1v) is 5.49. The third-order valence-electron chi connectivity index (χ3n) is 3.45. The summed E-state index contributed by atoms with van der Waals surface area (Å²) in [5.74, 6) is 0.988. The van der Waals surface area contributed by atoms with Crippen LogP contribution < -0.4 is 5.32 Å². The van der Waals surface area contributed by atoms with Gasteiger partial charge in [0.1, 0.15) is 0 Å². The molecule has 1 aliphatic rings. The summed E-state index contributed by atoms with van der Waals surface area (Å²) in [4.78, 5) is 0. The molecule has 0 aromatic rings. The van der Waals surface area contributed by atoms with Crippen molar-refractivity contribution in [3.8, 4) is 0 Å². The first-order chi connectivity index (χ1) is 5.79. The topological polar surface area (TPSA) is 12.0 Å². The molecular weight excluding hydrogens is 146 g/mol. The Morgan fingerprint density at radius 3 is 2.58 bits per heavy atom. The van der Waals surface area contributed by atoms with Crippen LogP contribution in [-0.4, -0.2) is 13.1 Å². The van der Waals surface area contributed by atoms with Crippen LogP contribution >= 0.6 is 0 Å². The van der Waals surface area contributed by atoms with Gasteiger partial charge in [0.15, 0.2) is 0 Å². The van der Waals surface area contributed by atoms with Gasteiger partial charge in [-0.15, -0.1) is 0 Å². The lowest BCUT2D eigenvalue weighted by molar-refractivity contribution is 0.390. The van der Waals surface area contributed by atoms with E-state index in [2.05, 4.69) is 26.1 Å². The first-order valence-electron chi connectivity index (χ1n) is 5.49. The molecule has 0 saturated heterocycles. The van der Waals surface area contributed by atoms with Crippen molar-refractivity contribution < 1.29 is 0 Å². The zero-order valence-electron chi connectivity index (χ0n) is 8.82. The van der Waals surface area contributed by atoms with E-state index in [0.29, 0.717) is 0 Å². The Hall–Kier alpha value is -0.0400. The van der Waals surface area contributed by atoms with Crippen molar-refractivity contribution in [3.05, 3.63) is 0 Å². The predicted octanol–water partition coefficient (Wildman–Crippen LogP) is 2.81. The summed E-state index contributed by atoms with van der Waals surface area (Å²) >= 11 is 0. The molecule has 2 atom stereocenters. The third-order valence-corrected chi connectivity index (χ3v) is 3.45. The molecule has 1 saturated carbocycles. The van der Waals surface area contributed by atoms with E-state index >= 15 is 0 Å². The highest BCUT2D eigenvalue weighted by molar-refractivity contribution is 5.01. The van der Waals surface area contributed by atoms with Crippen molar-refractivity contribution in [2.75, 3.05) is 13.1 Å². The molecule has 0 bridgehead atoms. The Morgan fingerprint density at radius 1 is 1.33 bits per heavy atom. The minimum Gasteiger partial charge on any atom is -0.317 e. The van der Waals surface area contributed by atoms with Crippen molar-refractivity contribution in [1.29, 1.82) is 0 Å². The highest BCUT2D eigenvalue weighted by Gasteiger charge is 2.50. The van der Waals surface area contributed by atoms with Crippen LogP contribution in [0.4, 0.5) is 0 Å². The quantitative estimate of drug-likeness (QED) is 0.644. The van der Waals surface area contributed by atoms with Gasteiger partial charge in [-0.2, -0.15) is 0 Å². The molecule has 12 heavy (non-hydrogen) atoms. The molecule has 0 spiro atoms. The lowest BCUT2D eigenvalue weighted by atomic mass is 9.94. The van der Waals surface area contributed by atoms with Crippen molar-refractivity contribution in [2.24, 2.45) is 11.3 Å². The number of rotatable bonds is 6. The number of hydrogen-bond donors (Lipinski definition) is 1. The van der Waals surface area contributed by atoms with Crippen LogP contribution in [0.5, 0.6) is 0 Å². The van der Waals surface area contributed by atoms with Gasteiger partial charge < -0.3 is 5.32 Å². The Balaban J connectivity index is 2.23. The van der Waals surface area contributed by atoms with Crippen molar-refractivity contribution in [3.63, 3.8) is 0 Å². The molecule has 0 amide bonds. The van der Waals surface area contributed by atoms with Gasteiger partial charge in [0.05, 0.1) is 0 Å². The molecule has 0 aromatic carbocycles. The third kappa shape index (κ3) is 2.01. The van der Waals surface area contributed by atoms with E-state index in [0.717, 1.165) is 17.9 Å². The van der Waals surface area contributed by atoms with Gasteiger partial charge in [-0.05, 0) is 37.3 Å². The summed E-state index contributed by atoms with van der Waals surface area (Å²) in [7, 11) is 0. The maximum atomic E-state index is 3.46. The van der Waals surface area contributed by atoms with Gasteiger partial charge in [0, 0.05) is 0 Å². The summed E-state index contributed by atoms with van der Waals surface area (Å²) in [5, 5.41) is 3.46. The number of hydrogen-bond acceptors (Lipinski definition) is 1. The Bertz CT molecular complexity index is 131. The summed E-state index contributed by atoms with van der Waals surface area (Å²) in [6, 6.07) is 0. The second-order valence-electron chi connectivity index (χ2n) is 4.17. The molecule has 0 aromatic heterocycles. The number of nitrogens with one attached hydrogen (secondary N) is 1. The van der Waals surface area contributed by atoms with E-state index in [-0.39, 0.29) is 0 Å². The zero-order chi connectivity index (χ0) is 9.03. The zero-order valence-corrected chi connectivity index (χ0v) is 8.82. The average Bonchev–Trinajstić information content (AvgIpc) is 2.77. The lowest BCUT2D eigenvalue weighted by Gasteiger charge is -2.13. The molecular formula is C11H23N. The maximum Gasteiger partial charge on any atom is -0.00151 e. The van der Waals surface area contributed by atoms with Crippen LogP contribution in [0.2, 0.25) is 0 Å². The van der Waals surface area contributed by atoms with E-state index in [9.17, 15) is 0 Å². The summed E-state index contributed by atoms with van der Waals surface area (Å²) in [6.07, 6.45) is 5.66. The lowest BCUT2D eigenvalue weighted by Crippen LogP contribution is -2.19. The average molecular weight is 169 g/mol. The molecule has 0 radical (unpaired) electrons. The van der Waals surface area contributed by atoms with Gasteiger partial charge >= 0.3 is 0 Å². The van der Waals surface area contributed by atoms with E-state index in [4.69, 9.17) is 0 Å². The Kier molecular flexibility index (Phi) is 3.57. The molecule has 1 aliphatic carbocycles. The second-order valence-corrected chi connectivity index (χ2v) is 4.17. The smallest absolute Gasteiger partial charge is 0.00151 e. The van der Waals surface area contributed by atoms with Crippen molar-refractivity contribution in [2.45, 2.75) is 46.5 Å². The highest BCUT2D eigenvalue weighted by Crippen LogP contribution is 2.57. The van der Waals surface area contributed by atoms with E-state index in [1.165, 1.54) is 32.2 Å². The van der Waals surface area contributed by atoms with E-state index in [1.807, 2.05) is 0 Å². The predicted molar refractivity (Wildman–Crippen MR) is 54.3 cm³/mol. The Labute approximate surface area is 76.9 Å². The fourth-order valence-electron chi connectivity index (χ4n) is 2.45. The minimum atomic E-state index is 0.747. The molecule has 1 nitrogen and oxygen atoms in total. The molecule has 1 rings (SSSR count). The van der Waals surface area contributed by atoms with Gasteiger partial charge in [0.2, 0.25) is 0 Å².